The average molecular weight is 409 g/mol. The standard InChI is InChI=1S/C22H23N3O5/c1-15-13-16(9-10-17(15)25(28)29)21(26)24-14-20(22(27)23-11-5-2-6-12-23)30-19-8-4-3-7-18(19)24/h3-4,7-10,13,20H,2,5-6,11-12,14H2,1H3/t20-/m1/s1. The number of benzene rings is 2. The van der Waals surface area contributed by atoms with E-state index >= 15 is 0 Å². The maximum absolute atomic E-state index is 13.3. The van der Waals surface area contributed by atoms with Crippen molar-refractivity contribution in [2.45, 2.75) is 32.3 Å². The Balaban J connectivity index is 1.64. The van der Waals surface area contributed by atoms with E-state index in [2.05, 4.69) is 0 Å². The van der Waals surface area contributed by atoms with Crippen LogP contribution in [-0.4, -0.2) is 47.4 Å². The third-order valence-electron chi connectivity index (χ3n) is 5.60. The summed E-state index contributed by atoms with van der Waals surface area (Å²) in [4.78, 5) is 40.3. The minimum Gasteiger partial charge on any atom is -0.476 e. The summed E-state index contributed by atoms with van der Waals surface area (Å²) >= 11 is 0. The predicted octanol–water partition coefficient (Wildman–Crippen LogP) is 3.32. The van der Waals surface area contributed by atoms with Crippen molar-refractivity contribution in [2.24, 2.45) is 0 Å². The normalized spacial score (nSPS) is 18.4. The molecule has 1 fully saturated rings. The van der Waals surface area contributed by atoms with Gasteiger partial charge in [0, 0.05) is 30.3 Å². The summed E-state index contributed by atoms with van der Waals surface area (Å²) in [6.07, 6.45) is 2.28. The molecule has 0 aromatic heterocycles. The summed E-state index contributed by atoms with van der Waals surface area (Å²) in [5, 5.41) is 11.1. The van der Waals surface area contributed by atoms with Crippen molar-refractivity contribution in [1.82, 2.24) is 4.90 Å². The number of nitro benzene ring substituents is 1. The van der Waals surface area contributed by atoms with Crippen LogP contribution in [0.1, 0.15) is 35.2 Å². The van der Waals surface area contributed by atoms with Crippen LogP contribution in [0.25, 0.3) is 0 Å². The summed E-state index contributed by atoms with van der Waals surface area (Å²) in [5.41, 5.74) is 1.29. The summed E-state index contributed by atoms with van der Waals surface area (Å²) in [7, 11) is 0. The highest BCUT2D eigenvalue weighted by atomic mass is 16.6. The molecule has 2 aliphatic rings. The molecule has 2 amide bonds. The van der Waals surface area contributed by atoms with E-state index in [1.165, 1.54) is 23.1 Å². The molecule has 2 aromatic carbocycles. The van der Waals surface area contributed by atoms with Crippen LogP contribution in [0.3, 0.4) is 0 Å². The van der Waals surface area contributed by atoms with Gasteiger partial charge in [-0.1, -0.05) is 12.1 Å². The van der Waals surface area contributed by atoms with Crippen LogP contribution in [-0.2, 0) is 4.79 Å². The first-order valence-electron chi connectivity index (χ1n) is 10.1. The first-order valence-corrected chi connectivity index (χ1v) is 10.1. The number of para-hydroxylation sites is 2. The Morgan fingerprint density at radius 2 is 1.83 bits per heavy atom. The number of carbonyl (C=O) groups is 2. The number of nitrogens with zero attached hydrogens (tertiary/aromatic N) is 3. The van der Waals surface area contributed by atoms with Crippen molar-refractivity contribution in [3.05, 3.63) is 63.7 Å². The molecule has 0 radical (unpaired) electrons. The molecule has 0 bridgehead atoms. The van der Waals surface area contributed by atoms with E-state index in [1.54, 1.807) is 36.1 Å². The van der Waals surface area contributed by atoms with Crippen LogP contribution in [0.5, 0.6) is 5.75 Å². The highest BCUT2D eigenvalue weighted by molar-refractivity contribution is 6.08. The lowest BCUT2D eigenvalue weighted by Gasteiger charge is -2.37. The maximum atomic E-state index is 13.3. The number of hydrogen-bond acceptors (Lipinski definition) is 5. The van der Waals surface area contributed by atoms with Gasteiger partial charge in [-0.15, -0.1) is 0 Å². The van der Waals surface area contributed by atoms with Gasteiger partial charge >= 0.3 is 0 Å². The number of amides is 2. The summed E-state index contributed by atoms with van der Waals surface area (Å²) in [6, 6.07) is 11.4. The van der Waals surface area contributed by atoms with Gasteiger partial charge < -0.3 is 14.5 Å². The Labute approximate surface area is 174 Å². The minimum atomic E-state index is -0.777. The average Bonchev–Trinajstić information content (AvgIpc) is 2.77. The van der Waals surface area contributed by atoms with E-state index in [4.69, 9.17) is 4.74 Å². The minimum absolute atomic E-state index is 0.0351. The van der Waals surface area contributed by atoms with Crippen LogP contribution in [0.2, 0.25) is 0 Å². The highest BCUT2D eigenvalue weighted by Gasteiger charge is 2.36. The third kappa shape index (κ3) is 3.72. The van der Waals surface area contributed by atoms with Gasteiger partial charge in [-0.3, -0.25) is 19.7 Å². The number of nitro groups is 1. The number of aryl methyl sites for hydroxylation is 1. The Morgan fingerprint density at radius 1 is 1.10 bits per heavy atom. The summed E-state index contributed by atoms with van der Waals surface area (Å²) in [5.74, 6) is 0.0492. The molecule has 0 N–H and O–H groups in total. The zero-order chi connectivity index (χ0) is 21.3. The van der Waals surface area contributed by atoms with Gasteiger partial charge in [-0.25, -0.2) is 0 Å². The van der Waals surface area contributed by atoms with Gasteiger partial charge in [0.2, 0.25) is 0 Å². The molecule has 2 heterocycles. The zero-order valence-corrected chi connectivity index (χ0v) is 16.7. The Kier molecular flexibility index (Phi) is 5.39. The molecule has 0 saturated carbocycles. The van der Waals surface area contributed by atoms with E-state index in [0.29, 0.717) is 35.7 Å². The van der Waals surface area contributed by atoms with Gasteiger partial charge in [-0.05, 0) is 50.5 Å². The lowest BCUT2D eigenvalue weighted by atomic mass is 10.1. The smallest absolute Gasteiger partial charge is 0.272 e. The fraction of sp³-hybridized carbons (Fsp3) is 0.364. The van der Waals surface area contributed by atoms with Gasteiger partial charge in [0.05, 0.1) is 17.2 Å². The molecule has 1 atom stereocenters. The molecule has 2 aromatic rings. The van der Waals surface area contributed by atoms with E-state index in [1.807, 2.05) is 0 Å². The number of anilines is 1. The highest BCUT2D eigenvalue weighted by Crippen LogP contribution is 2.35. The number of ether oxygens (including phenoxy) is 1. The fourth-order valence-electron chi connectivity index (χ4n) is 4.02. The predicted molar refractivity (Wildman–Crippen MR) is 111 cm³/mol. The molecule has 4 rings (SSSR count). The third-order valence-corrected chi connectivity index (χ3v) is 5.60. The quantitative estimate of drug-likeness (QED) is 0.573. The van der Waals surface area contributed by atoms with Crippen LogP contribution in [0.15, 0.2) is 42.5 Å². The van der Waals surface area contributed by atoms with Gasteiger partial charge in [-0.2, -0.15) is 0 Å². The molecule has 156 valence electrons. The SMILES string of the molecule is Cc1cc(C(=O)N2C[C@H](C(=O)N3CCCCC3)Oc3ccccc32)ccc1[N+](=O)[O-]. The zero-order valence-electron chi connectivity index (χ0n) is 16.7. The number of piperidine rings is 1. The number of fused-ring (bicyclic) bond motifs is 1. The second-order valence-corrected chi connectivity index (χ2v) is 7.63. The van der Waals surface area contributed by atoms with Crippen molar-refractivity contribution in [3.63, 3.8) is 0 Å². The fourth-order valence-corrected chi connectivity index (χ4v) is 4.02. The van der Waals surface area contributed by atoms with Crippen LogP contribution < -0.4 is 9.64 Å². The Bertz CT molecular complexity index is 1000. The monoisotopic (exact) mass is 409 g/mol. The van der Waals surface area contributed by atoms with E-state index in [9.17, 15) is 19.7 Å². The van der Waals surface area contributed by atoms with Gasteiger partial charge in [0.15, 0.2) is 6.10 Å². The van der Waals surface area contributed by atoms with E-state index in [-0.39, 0.29) is 24.0 Å². The van der Waals surface area contributed by atoms with E-state index in [0.717, 1.165) is 19.3 Å². The van der Waals surface area contributed by atoms with Crippen molar-refractivity contribution >= 4 is 23.2 Å². The van der Waals surface area contributed by atoms with Gasteiger partial charge in [0.1, 0.15) is 5.75 Å². The van der Waals surface area contributed by atoms with E-state index < -0.39 is 11.0 Å². The summed E-state index contributed by atoms with van der Waals surface area (Å²) in [6.45, 7) is 3.11. The molecule has 8 nitrogen and oxygen atoms in total. The van der Waals surface area contributed by atoms with Gasteiger partial charge in [0.25, 0.3) is 17.5 Å². The lowest BCUT2D eigenvalue weighted by molar-refractivity contribution is -0.385. The molecule has 0 aliphatic carbocycles. The molecule has 0 unspecified atom stereocenters. The number of carbonyl (C=O) groups excluding carboxylic acids is 2. The lowest BCUT2D eigenvalue weighted by Crippen LogP contribution is -2.52. The van der Waals surface area contributed by atoms with Crippen molar-refractivity contribution < 1.29 is 19.2 Å². The van der Waals surface area contributed by atoms with Crippen LogP contribution >= 0.6 is 0 Å². The molecule has 1 saturated heterocycles. The maximum Gasteiger partial charge on any atom is 0.272 e. The first-order chi connectivity index (χ1) is 14.5. The molecular formula is C22H23N3O5. The van der Waals surface area contributed by atoms with Crippen LogP contribution in [0, 0.1) is 17.0 Å². The summed E-state index contributed by atoms with van der Waals surface area (Å²) < 4.78 is 5.96. The largest absolute Gasteiger partial charge is 0.476 e. The molecule has 0 spiro atoms. The van der Waals surface area contributed by atoms with Crippen molar-refractivity contribution in [2.75, 3.05) is 24.5 Å². The Hall–Kier alpha value is -3.42. The number of rotatable bonds is 3. The Morgan fingerprint density at radius 3 is 2.53 bits per heavy atom. The number of hydrogen-bond donors (Lipinski definition) is 0. The molecule has 8 heteroatoms. The number of likely N-dealkylation sites (tertiary alicyclic amines) is 1. The second-order valence-electron chi connectivity index (χ2n) is 7.63. The molecule has 2 aliphatic heterocycles. The van der Waals surface area contributed by atoms with Crippen molar-refractivity contribution in [3.8, 4) is 5.75 Å². The topological polar surface area (TPSA) is 93.0 Å². The molecular weight excluding hydrogens is 386 g/mol. The first kappa shape index (κ1) is 19.9. The second kappa shape index (κ2) is 8.14. The van der Waals surface area contributed by atoms with Crippen molar-refractivity contribution in [1.29, 1.82) is 0 Å². The van der Waals surface area contributed by atoms with Crippen LogP contribution in [0.4, 0.5) is 11.4 Å². The molecule has 30 heavy (non-hydrogen) atoms.